The summed E-state index contributed by atoms with van der Waals surface area (Å²) in [5, 5.41) is 4.71. The van der Waals surface area contributed by atoms with Crippen molar-refractivity contribution in [2.75, 3.05) is 6.35 Å². The van der Waals surface area contributed by atoms with Crippen LogP contribution in [0.1, 0.15) is 105 Å². The molecule has 0 amide bonds. The fourth-order valence-corrected chi connectivity index (χ4v) is 9.01. The number of hydrogen-bond acceptors (Lipinski definition) is 3. The second-order valence-corrected chi connectivity index (χ2v) is 19.8. The Hall–Kier alpha value is -2.83. The molecular formula is C41H52O3P2. The Labute approximate surface area is 279 Å². The largest absolute Gasteiger partial charge is 0.399 e. The van der Waals surface area contributed by atoms with Gasteiger partial charge in [-0.1, -0.05) is 156 Å². The monoisotopic (exact) mass is 654 g/mol. The summed E-state index contributed by atoms with van der Waals surface area (Å²) in [7, 11) is -2.56. The van der Waals surface area contributed by atoms with Crippen molar-refractivity contribution in [3.8, 4) is 0 Å². The van der Waals surface area contributed by atoms with E-state index in [-0.39, 0.29) is 21.7 Å². The molecular weight excluding hydrogens is 602 g/mol. The lowest BCUT2D eigenvalue weighted by Crippen LogP contribution is -2.17. The molecule has 0 aliphatic heterocycles. The lowest BCUT2D eigenvalue weighted by molar-refractivity contribution is 0.432. The predicted octanol–water partition coefficient (Wildman–Crippen LogP) is 12.0. The topological polar surface area (TPSA) is 35.5 Å². The summed E-state index contributed by atoms with van der Waals surface area (Å²) >= 11 is 0. The molecule has 0 saturated carbocycles. The summed E-state index contributed by atoms with van der Waals surface area (Å²) in [4.78, 5) is 0. The fourth-order valence-electron chi connectivity index (χ4n) is 5.67. The molecule has 5 aromatic rings. The second kappa shape index (κ2) is 12.6. The second-order valence-electron chi connectivity index (χ2n) is 16.6. The van der Waals surface area contributed by atoms with E-state index in [1.165, 1.54) is 32.9 Å². The van der Waals surface area contributed by atoms with Crippen LogP contribution in [0.4, 0.5) is 0 Å². The molecule has 0 bridgehead atoms. The molecule has 0 aliphatic carbocycles. The van der Waals surface area contributed by atoms with Crippen LogP contribution >= 0.6 is 16.2 Å². The van der Waals surface area contributed by atoms with Gasteiger partial charge in [-0.25, -0.2) is 0 Å². The molecule has 0 spiro atoms. The van der Waals surface area contributed by atoms with Gasteiger partial charge in [-0.2, -0.15) is 0 Å². The first kappa shape index (κ1) is 34.5. The Morgan fingerprint density at radius 2 is 0.891 bits per heavy atom. The summed E-state index contributed by atoms with van der Waals surface area (Å²) in [5.74, 6) is 0. The fraction of sp³-hybridized carbons (Fsp3) is 0.415. The smallest absolute Gasteiger partial charge is 0.387 e. The van der Waals surface area contributed by atoms with E-state index < -0.39 is 16.2 Å². The van der Waals surface area contributed by atoms with Gasteiger partial charge in [-0.15, -0.1) is 0 Å². The van der Waals surface area contributed by atoms with Crippen LogP contribution < -0.4 is 15.1 Å². The Kier molecular flexibility index (Phi) is 9.49. The van der Waals surface area contributed by atoms with Crippen molar-refractivity contribution in [1.29, 1.82) is 0 Å². The van der Waals surface area contributed by atoms with Gasteiger partial charge in [0.15, 0.2) is 0 Å². The number of rotatable bonds is 5. The molecule has 244 valence electrons. The maximum atomic E-state index is 7.01. The molecule has 0 atom stereocenters. The van der Waals surface area contributed by atoms with Crippen LogP contribution in [0.3, 0.4) is 0 Å². The summed E-state index contributed by atoms with van der Waals surface area (Å²) in [5.41, 5.74) is 6.26. The van der Waals surface area contributed by atoms with Crippen LogP contribution in [0.15, 0.2) is 93.3 Å². The Bertz CT molecular complexity index is 1730. The average Bonchev–Trinajstić information content (AvgIpc) is 3.12. The van der Waals surface area contributed by atoms with E-state index in [0.717, 1.165) is 21.9 Å². The minimum Gasteiger partial charge on any atom is -0.399 e. The van der Waals surface area contributed by atoms with Gasteiger partial charge >= 0.3 is 8.24 Å². The van der Waals surface area contributed by atoms with E-state index in [1.54, 1.807) is 0 Å². The molecule has 46 heavy (non-hydrogen) atoms. The summed E-state index contributed by atoms with van der Waals surface area (Å²) in [6, 6.07) is 30.7. The first-order chi connectivity index (χ1) is 21.3. The Morgan fingerprint density at radius 1 is 0.522 bits per heavy atom. The molecule has 1 heterocycles. The van der Waals surface area contributed by atoms with Crippen molar-refractivity contribution < 1.29 is 12.9 Å². The third-order valence-corrected chi connectivity index (χ3v) is 12.0. The quantitative estimate of drug-likeness (QED) is 0.177. The lowest BCUT2D eigenvalue weighted by Gasteiger charge is -2.27. The minimum atomic E-state index is -1.77. The Morgan fingerprint density at radius 3 is 1.22 bits per heavy atom. The maximum Gasteiger partial charge on any atom is 0.387 e. The molecule has 4 aromatic carbocycles. The van der Waals surface area contributed by atoms with Gasteiger partial charge in [0.2, 0.25) is 0 Å². The highest BCUT2D eigenvalue weighted by Crippen LogP contribution is 2.46. The normalized spacial score (nSPS) is 13.2. The third-order valence-electron chi connectivity index (χ3n) is 8.58. The van der Waals surface area contributed by atoms with E-state index >= 15 is 0 Å². The van der Waals surface area contributed by atoms with E-state index in [4.69, 9.17) is 12.9 Å². The Balaban J connectivity index is 1.86. The third kappa shape index (κ3) is 7.49. The van der Waals surface area contributed by atoms with Crippen LogP contribution in [0.2, 0.25) is 0 Å². The number of benzene rings is 4. The van der Waals surface area contributed by atoms with E-state index in [2.05, 4.69) is 168 Å². The molecule has 3 nitrogen and oxygen atoms in total. The zero-order chi connectivity index (χ0) is 33.7. The van der Waals surface area contributed by atoms with Crippen LogP contribution in [0, 0.1) is 0 Å². The standard InChI is InChI=1S/C41H52O3P2/c1-38(2,3)28-23-32-33-24-29(39(4,5)6)26-35(41(10,11)12)37(33)44-46(43-36(32)34(25-28)40(7,8)9)42-27-45(30-19-15-13-16-20-30)31-21-17-14-18-22-31/h13-26H,27H2,1-12H3. The van der Waals surface area contributed by atoms with Crippen molar-refractivity contribution in [2.24, 2.45) is 0 Å². The molecule has 0 radical (unpaired) electrons. The first-order valence-electron chi connectivity index (χ1n) is 16.4. The summed E-state index contributed by atoms with van der Waals surface area (Å²) in [6.45, 7) is 27.3. The molecule has 1 aromatic heterocycles. The zero-order valence-electron chi connectivity index (χ0n) is 29.9. The average molecular weight is 655 g/mol. The highest BCUT2D eigenvalue weighted by atomic mass is 31.1. The van der Waals surface area contributed by atoms with Gasteiger partial charge in [0.1, 0.15) is 11.2 Å². The van der Waals surface area contributed by atoms with Crippen molar-refractivity contribution in [3.63, 3.8) is 0 Å². The van der Waals surface area contributed by atoms with Gasteiger partial charge in [0, 0.05) is 21.9 Å². The van der Waals surface area contributed by atoms with Crippen LogP contribution in [0.25, 0.3) is 21.9 Å². The minimum absolute atomic E-state index is 0.0424. The molecule has 5 rings (SSSR count). The molecule has 0 unspecified atom stereocenters. The SMILES string of the molecule is CC(C)(C)c1cc(C(C)(C)C)c2op(OCP(c3ccccc3)c3ccccc3)oc3c(C(C)(C)C)cc(C(C)(C)C)cc3c2c1. The summed E-state index contributed by atoms with van der Waals surface area (Å²) < 4.78 is 20.8. The zero-order valence-corrected chi connectivity index (χ0v) is 31.7. The van der Waals surface area contributed by atoms with Crippen LogP contribution in [-0.2, 0) is 21.7 Å². The van der Waals surface area contributed by atoms with E-state index in [1.807, 2.05) is 0 Å². The highest BCUT2D eigenvalue weighted by molar-refractivity contribution is 7.73. The van der Waals surface area contributed by atoms with Gasteiger partial charge in [-0.3, -0.25) is 4.52 Å². The molecule has 0 N–H and O–H groups in total. The van der Waals surface area contributed by atoms with Gasteiger partial charge in [0.05, 0.1) is 6.35 Å². The van der Waals surface area contributed by atoms with Crippen molar-refractivity contribution in [3.05, 3.63) is 107 Å². The van der Waals surface area contributed by atoms with Crippen molar-refractivity contribution >= 4 is 48.7 Å². The molecule has 0 fully saturated rings. The molecule has 0 saturated heterocycles. The summed E-state index contributed by atoms with van der Waals surface area (Å²) in [6.07, 6.45) is 0.496. The number of hydrogen-bond donors (Lipinski definition) is 0. The first-order valence-corrected chi connectivity index (χ1v) is 19.0. The van der Waals surface area contributed by atoms with Crippen molar-refractivity contribution in [1.82, 2.24) is 0 Å². The van der Waals surface area contributed by atoms with Crippen molar-refractivity contribution in [2.45, 2.75) is 105 Å². The molecule has 0 aliphatic rings. The van der Waals surface area contributed by atoms with Gasteiger partial charge < -0.3 is 8.39 Å². The number of fused-ring (bicyclic) bond motifs is 3. The van der Waals surface area contributed by atoms with Crippen LogP contribution in [-0.4, -0.2) is 6.35 Å². The highest BCUT2D eigenvalue weighted by Gasteiger charge is 2.29. The van der Waals surface area contributed by atoms with E-state index in [0.29, 0.717) is 6.35 Å². The van der Waals surface area contributed by atoms with E-state index in [9.17, 15) is 0 Å². The van der Waals surface area contributed by atoms with Crippen LogP contribution in [0.5, 0.6) is 0 Å². The van der Waals surface area contributed by atoms with Gasteiger partial charge in [0.25, 0.3) is 0 Å². The predicted molar refractivity (Wildman–Crippen MR) is 202 cm³/mol. The maximum absolute atomic E-state index is 7.01. The molecule has 5 heteroatoms. The van der Waals surface area contributed by atoms with Gasteiger partial charge in [-0.05, 0) is 63.5 Å². The lowest BCUT2D eigenvalue weighted by atomic mass is 9.77.